The topological polar surface area (TPSA) is 72.7 Å². The lowest BCUT2D eigenvalue weighted by atomic mass is 10.1. The van der Waals surface area contributed by atoms with Crippen molar-refractivity contribution in [2.45, 2.75) is 0 Å². The molecular weight excluding hydrogens is 332 g/mol. The Morgan fingerprint density at radius 1 is 0.923 bits per heavy atom. The largest absolute Gasteiger partial charge is 0.455 e. The smallest absolute Gasteiger partial charge is 0.282 e. The minimum Gasteiger partial charge on any atom is -0.455 e. The van der Waals surface area contributed by atoms with E-state index in [-0.39, 0.29) is 11.3 Å². The lowest BCUT2D eigenvalue weighted by Crippen LogP contribution is -2.27. The summed E-state index contributed by atoms with van der Waals surface area (Å²) < 4.78 is 5.87. The van der Waals surface area contributed by atoms with Gasteiger partial charge in [0.1, 0.15) is 11.3 Å². The van der Waals surface area contributed by atoms with Gasteiger partial charge in [0, 0.05) is 13.1 Å². The lowest BCUT2D eigenvalue weighted by molar-refractivity contribution is -0.385. The summed E-state index contributed by atoms with van der Waals surface area (Å²) in [6, 6.07) is 22.1. The molecule has 0 bridgehead atoms. The summed E-state index contributed by atoms with van der Waals surface area (Å²) in [6.45, 7) is 0. The van der Waals surface area contributed by atoms with Gasteiger partial charge in [0.25, 0.3) is 11.6 Å². The van der Waals surface area contributed by atoms with E-state index in [1.165, 1.54) is 23.1 Å². The van der Waals surface area contributed by atoms with Gasteiger partial charge in [-0.3, -0.25) is 14.9 Å². The zero-order valence-corrected chi connectivity index (χ0v) is 14.0. The fourth-order valence-corrected chi connectivity index (χ4v) is 2.54. The van der Waals surface area contributed by atoms with Gasteiger partial charge in [-0.1, -0.05) is 42.5 Å². The Balaban J connectivity index is 1.95. The van der Waals surface area contributed by atoms with E-state index in [1.807, 2.05) is 18.2 Å². The molecule has 0 aliphatic heterocycles. The van der Waals surface area contributed by atoms with E-state index in [1.54, 1.807) is 49.5 Å². The quantitative estimate of drug-likeness (QED) is 0.496. The Morgan fingerprint density at radius 3 is 2.27 bits per heavy atom. The van der Waals surface area contributed by atoms with Crippen LogP contribution in [-0.4, -0.2) is 17.9 Å². The number of nitro groups is 1. The first-order valence-corrected chi connectivity index (χ1v) is 7.91. The van der Waals surface area contributed by atoms with Crippen molar-refractivity contribution in [3.05, 3.63) is 94.5 Å². The van der Waals surface area contributed by atoms with Crippen LogP contribution in [0.2, 0.25) is 0 Å². The van der Waals surface area contributed by atoms with E-state index < -0.39 is 10.8 Å². The zero-order valence-electron chi connectivity index (χ0n) is 14.0. The van der Waals surface area contributed by atoms with Gasteiger partial charge in [-0.2, -0.15) is 0 Å². The zero-order chi connectivity index (χ0) is 18.5. The average Bonchev–Trinajstić information content (AvgIpc) is 2.68. The molecule has 0 radical (unpaired) electrons. The highest BCUT2D eigenvalue weighted by Crippen LogP contribution is 2.33. The molecule has 0 saturated heterocycles. The standard InChI is InChI=1S/C20H16N2O4/c1-21(20(23)16-11-5-6-12-17(16)22(24)25)18-13-7-8-14-19(18)26-15-9-3-2-4-10-15/h2-14H,1H3. The van der Waals surface area contributed by atoms with Crippen LogP contribution in [0.25, 0.3) is 0 Å². The molecule has 0 aromatic heterocycles. The number of benzene rings is 3. The second-order valence-corrected chi connectivity index (χ2v) is 5.52. The molecule has 130 valence electrons. The van der Waals surface area contributed by atoms with E-state index in [0.29, 0.717) is 17.2 Å². The molecule has 0 saturated carbocycles. The summed E-state index contributed by atoms with van der Waals surface area (Å²) >= 11 is 0. The first kappa shape index (κ1) is 17.2. The van der Waals surface area contributed by atoms with E-state index in [9.17, 15) is 14.9 Å². The summed E-state index contributed by atoms with van der Waals surface area (Å²) in [5.74, 6) is 0.626. The molecule has 0 heterocycles. The van der Waals surface area contributed by atoms with Crippen molar-refractivity contribution >= 4 is 17.3 Å². The van der Waals surface area contributed by atoms with Crippen LogP contribution in [0.1, 0.15) is 10.4 Å². The van der Waals surface area contributed by atoms with Crippen molar-refractivity contribution in [1.82, 2.24) is 0 Å². The molecule has 0 spiro atoms. The summed E-state index contributed by atoms with van der Waals surface area (Å²) in [6.07, 6.45) is 0. The van der Waals surface area contributed by atoms with Crippen molar-refractivity contribution < 1.29 is 14.5 Å². The Hall–Kier alpha value is -3.67. The number of rotatable bonds is 5. The van der Waals surface area contributed by atoms with E-state index in [4.69, 9.17) is 4.74 Å². The van der Waals surface area contributed by atoms with Crippen molar-refractivity contribution in [2.24, 2.45) is 0 Å². The fourth-order valence-electron chi connectivity index (χ4n) is 2.54. The minimum atomic E-state index is -0.562. The molecule has 0 atom stereocenters. The minimum absolute atomic E-state index is 0.0227. The van der Waals surface area contributed by atoms with Crippen LogP contribution in [0.3, 0.4) is 0 Å². The third-order valence-corrected chi connectivity index (χ3v) is 3.83. The van der Waals surface area contributed by atoms with Crippen LogP contribution in [0.4, 0.5) is 11.4 Å². The number of amides is 1. The SMILES string of the molecule is CN(C(=O)c1ccccc1[N+](=O)[O-])c1ccccc1Oc1ccccc1. The second-order valence-electron chi connectivity index (χ2n) is 5.52. The van der Waals surface area contributed by atoms with Gasteiger partial charge in [-0.15, -0.1) is 0 Å². The predicted octanol–water partition coefficient (Wildman–Crippen LogP) is 4.66. The molecule has 0 aliphatic carbocycles. The predicted molar refractivity (Wildman–Crippen MR) is 98.8 cm³/mol. The van der Waals surface area contributed by atoms with E-state index in [0.717, 1.165) is 0 Å². The molecule has 0 aliphatic rings. The Labute approximate surface area is 150 Å². The monoisotopic (exact) mass is 348 g/mol. The van der Waals surface area contributed by atoms with Gasteiger partial charge in [0.05, 0.1) is 10.6 Å². The molecule has 0 fully saturated rings. The first-order valence-electron chi connectivity index (χ1n) is 7.91. The van der Waals surface area contributed by atoms with E-state index >= 15 is 0 Å². The molecule has 3 aromatic carbocycles. The summed E-state index contributed by atoms with van der Waals surface area (Å²) in [5, 5.41) is 11.2. The second kappa shape index (κ2) is 7.48. The molecule has 0 N–H and O–H groups in total. The number of hydrogen-bond acceptors (Lipinski definition) is 4. The number of hydrogen-bond donors (Lipinski definition) is 0. The highest BCUT2D eigenvalue weighted by atomic mass is 16.6. The van der Waals surface area contributed by atoms with Crippen LogP contribution in [0.15, 0.2) is 78.9 Å². The molecule has 3 aromatic rings. The summed E-state index contributed by atoms with van der Waals surface area (Å²) in [4.78, 5) is 24.8. The molecule has 3 rings (SSSR count). The Bertz CT molecular complexity index is 941. The van der Waals surface area contributed by atoms with Gasteiger partial charge < -0.3 is 9.64 Å². The first-order chi connectivity index (χ1) is 12.6. The highest BCUT2D eigenvalue weighted by Gasteiger charge is 2.24. The number of nitrogens with zero attached hydrogens (tertiary/aromatic N) is 2. The van der Waals surface area contributed by atoms with Gasteiger partial charge in [0.15, 0.2) is 5.75 Å². The van der Waals surface area contributed by atoms with Crippen LogP contribution in [0.5, 0.6) is 11.5 Å². The molecule has 6 nitrogen and oxygen atoms in total. The van der Waals surface area contributed by atoms with Gasteiger partial charge in [-0.05, 0) is 30.3 Å². The normalized spacial score (nSPS) is 10.2. The van der Waals surface area contributed by atoms with Crippen LogP contribution in [-0.2, 0) is 0 Å². The number of carbonyl (C=O) groups is 1. The van der Waals surface area contributed by atoms with Gasteiger partial charge in [-0.25, -0.2) is 0 Å². The number of carbonyl (C=O) groups excluding carboxylic acids is 1. The molecule has 0 unspecified atom stereocenters. The highest BCUT2D eigenvalue weighted by molar-refractivity contribution is 6.09. The maximum absolute atomic E-state index is 12.8. The molecule has 1 amide bonds. The molecule has 6 heteroatoms. The maximum Gasteiger partial charge on any atom is 0.282 e. The Kier molecular flexibility index (Phi) is 4.94. The van der Waals surface area contributed by atoms with Gasteiger partial charge >= 0.3 is 0 Å². The summed E-state index contributed by atoms with van der Waals surface area (Å²) in [7, 11) is 1.56. The van der Waals surface area contributed by atoms with Crippen molar-refractivity contribution in [1.29, 1.82) is 0 Å². The van der Waals surface area contributed by atoms with Crippen LogP contribution in [0, 0.1) is 10.1 Å². The molecule has 26 heavy (non-hydrogen) atoms. The number of ether oxygens (including phenoxy) is 1. The van der Waals surface area contributed by atoms with Crippen LogP contribution < -0.4 is 9.64 Å². The fraction of sp³-hybridized carbons (Fsp3) is 0.0500. The van der Waals surface area contributed by atoms with E-state index in [2.05, 4.69) is 0 Å². The Morgan fingerprint density at radius 2 is 1.54 bits per heavy atom. The number of nitro benzene ring substituents is 1. The number of para-hydroxylation sites is 4. The third kappa shape index (κ3) is 3.54. The average molecular weight is 348 g/mol. The van der Waals surface area contributed by atoms with Crippen molar-refractivity contribution in [2.75, 3.05) is 11.9 Å². The lowest BCUT2D eigenvalue weighted by Gasteiger charge is -2.20. The van der Waals surface area contributed by atoms with Crippen molar-refractivity contribution in [3.8, 4) is 11.5 Å². The van der Waals surface area contributed by atoms with Crippen molar-refractivity contribution in [3.63, 3.8) is 0 Å². The molecular formula is C20H16N2O4. The number of anilines is 1. The summed E-state index contributed by atoms with van der Waals surface area (Å²) in [5.41, 5.74) is 0.305. The third-order valence-electron chi connectivity index (χ3n) is 3.83. The van der Waals surface area contributed by atoms with Gasteiger partial charge in [0.2, 0.25) is 0 Å². The van der Waals surface area contributed by atoms with Crippen LogP contribution >= 0.6 is 0 Å². The maximum atomic E-state index is 12.8.